The van der Waals surface area contributed by atoms with E-state index in [9.17, 15) is 5.11 Å². The van der Waals surface area contributed by atoms with Gasteiger partial charge in [-0.2, -0.15) is 0 Å². The predicted molar refractivity (Wildman–Crippen MR) is 76.1 cm³/mol. The summed E-state index contributed by atoms with van der Waals surface area (Å²) in [5.74, 6) is 0. The van der Waals surface area contributed by atoms with E-state index in [2.05, 4.69) is 55.0 Å². The molecule has 0 saturated carbocycles. The first-order chi connectivity index (χ1) is 8.61. The number of aliphatic hydroxyl groups is 1. The summed E-state index contributed by atoms with van der Waals surface area (Å²) in [6, 6.07) is 9.62. The smallest absolute Gasteiger partial charge is 0.0451 e. The molecule has 100 valence electrons. The monoisotopic (exact) mass is 248 g/mol. The zero-order valence-electron chi connectivity index (χ0n) is 11.6. The van der Waals surface area contributed by atoms with E-state index >= 15 is 0 Å². The van der Waals surface area contributed by atoms with Crippen molar-refractivity contribution in [1.29, 1.82) is 0 Å². The van der Waals surface area contributed by atoms with E-state index in [0.29, 0.717) is 12.1 Å². The number of likely N-dealkylation sites (N-methyl/N-ethyl adjacent to an activating group) is 1. The molecule has 3 heteroatoms. The molecule has 0 radical (unpaired) electrons. The van der Waals surface area contributed by atoms with Crippen molar-refractivity contribution in [3.8, 4) is 0 Å². The summed E-state index contributed by atoms with van der Waals surface area (Å²) >= 11 is 0. The van der Waals surface area contributed by atoms with Gasteiger partial charge < -0.3 is 14.9 Å². The Labute approximate surface area is 110 Å². The number of nitrogens with zero attached hydrogens (tertiary/aromatic N) is 2. The second-order valence-corrected chi connectivity index (χ2v) is 5.48. The van der Waals surface area contributed by atoms with Crippen molar-refractivity contribution < 1.29 is 5.11 Å². The van der Waals surface area contributed by atoms with E-state index in [4.69, 9.17) is 0 Å². The molecule has 1 fully saturated rings. The van der Waals surface area contributed by atoms with E-state index in [1.165, 1.54) is 11.3 Å². The van der Waals surface area contributed by atoms with Gasteiger partial charge >= 0.3 is 0 Å². The SMILES string of the molecule is Cc1ccc(N2C(C)CN(C)CC2CCO)cc1. The number of hydrogen-bond acceptors (Lipinski definition) is 3. The lowest BCUT2D eigenvalue weighted by Gasteiger charge is -2.46. The Morgan fingerprint density at radius 1 is 1.22 bits per heavy atom. The highest BCUT2D eigenvalue weighted by molar-refractivity contribution is 5.50. The molecule has 0 spiro atoms. The second kappa shape index (κ2) is 5.72. The second-order valence-electron chi connectivity index (χ2n) is 5.48. The fourth-order valence-corrected chi connectivity index (χ4v) is 2.98. The van der Waals surface area contributed by atoms with Gasteiger partial charge in [-0.1, -0.05) is 17.7 Å². The average molecular weight is 248 g/mol. The van der Waals surface area contributed by atoms with Gasteiger partial charge in [-0.05, 0) is 39.4 Å². The number of aryl methyl sites for hydroxylation is 1. The molecule has 1 aliphatic rings. The molecular weight excluding hydrogens is 224 g/mol. The number of piperazine rings is 1. The van der Waals surface area contributed by atoms with Crippen LogP contribution >= 0.6 is 0 Å². The minimum Gasteiger partial charge on any atom is -0.396 e. The summed E-state index contributed by atoms with van der Waals surface area (Å²) in [6.07, 6.45) is 0.836. The van der Waals surface area contributed by atoms with Gasteiger partial charge in [0.25, 0.3) is 0 Å². The Kier molecular flexibility index (Phi) is 4.25. The van der Waals surface area contributed by atoms with Crippen molar-refractivity contribution in [1.82, 2.24) is 4.90 Å². The number of benzene rings is 1. The molecule has 2 unspecified atom stereocenters. The molecule has 1 N–H and O–H groups in total. The minimum atomic E-state index is 0.258. The Hall–Kier alpha value is -1.06. The Balaban J connectivity index is 2.23. The Bertz CT molecular complexity index is 377. The maximum absolute atomic E-state index is 9.25. The molecule has 0 aromatic heterocycles. The van der Waals surface area contributed by atoms with Crippen LogP contribution < -0.4 is 4.90 Å². The molecule has 1 aliphatic heterocycles. The summed E-state index contributed by atoms with van der Waals surface area (Å²) < 4.78 is 0. The highest BCUT2D eigenvalue weighted by atomic mass is 16.3. The summed E-state index contributed by atoms with van der Waals surface area (Å²) in [6.45, 7) is 6.74. The van der Waals surface area contributed by atoms with Crippen molar-refractivity contribution in [3.05, 3.63) is 29.8 Å². The van der Waals surface area contributed by atoms with Crippen molar-refractivity contribution in [3.63, 3.8) is 0 Å². The summed E-state index contributed by atoms with van der Waals surface area (Å²) in [5.41, 5.74) is 2.57. The van der Waals surface area contributed by atoms with Crippen LogP contribution in [0.4, 0.5) is 5.69 Å². The van der Waals surface area contributed by atoms with Crippen molar-refractivity contribution >= 4 is 5.69 Å². The molecule has 0 bridgehead atoms. The van der Waals surface area contributed by atoms with E-state index in [0.717, 1.165) is 19.5 Å². The molecule has 0 aliphatic carbocycles. The van der Waals surface area contributed by atoms with Crippen LogP contribution in [-0.2, 0) is 0 Å². The number of hydrogen-bond donors (Lipinski definition) is 1. The van der Waals surface area contributed by atoms with Crippen molar-refractivity contribution in [2.75, 3.05) is 31.6 Å². The third-order valence-electron chi connectivity index (χ3n) is 3.76. The zero-order valence-corrected chi connectivity index (χ0v) is 11.6. The highest BCUT2D eigenvalue weighted by Gasteiger charge is 2.30. The molecule has 18 heavy (non-hydrogen) atoms. The molecule has 1 saturated heterocycles. The first-order valence-electron chi connectivity index (χ1n) is 6.76. The van der Waals surface area contributed by atoms with Gasteiger partial charge in [0.05, 0.1) is 0 Å². The number of aliphatic hydroxyl groups excluding tert-OH is 1. The average Bonchev–Trinajstić information content (AvgIpc) is 2.31. The predicted octanol–water partition coefficient (Wildman–Crippen LogP) is 1.89. The molecule has 1 aromatic rings. The lowest BCUT2D eigenvalue weighted by molar-refractivity contribution is 0.198. The van der Waals surface area contributed by atoms with Gasteiger partial charge in [-0.25, -0.2) is 0 Å². The van der Waals surface area contributed by atoms with Crippen LogP contribution in [0, 0.1) is 6.92 Å². The van der Waals surface area contributed by atoms with Gasteiger partial charge in [0.15, 0.2) is 0 Å². The maximum atomic E-state index is 9.25. The maximum Gasteiger partial charge on any atom is 0.0451 e. The van der Waals surface area contributed by atoms with Gasteiger partial charge in [-0.15, -0.1) is 0 Å². The third-order valence-corrected chi connectivity index (χ3v) is 3.76. The minimum absolute atomic E-state index is 0.258. The molecule has 2 atom stereocenters. The normalized spacial score (nSPS) is 25.4. The summed E-state index contributed by atoms with van der Waals surface area (Å²) in [5, 5.41) is 9.25. The fraction of sp³-hybridized carbons (Fsp3) is 0.600. The topological polar surface area (TPSA) is 26.7 Å². The largest absolute Gasteiger partial charge is 0.396 e. The third kappa shape index (κ3) is 2.85. The Morgan fingerprint density at radius 3 is 2.50 bits per heavy atom. The molecule has 3 nitrogen and oxygen atoms in total. The standard InChI is InChI=1S/C15H24N2O/c1-12-4-6-14(7-5-12)17-13(2)10-16(3)11-15(17)8-9-18/h4-7,13,15,18H,8-11H2,1-3H3. The van der Waals surface area contributed by atoms with Gasteiger partial charge in [0, 0.05) is 37.5 Å². The number of rotatable bonds is 3. The lowest BCUT2D eigenvalue weighted by atomic mass is 10.0. The van der Waals surface area contributed by atoms with E-state index in [-0.39, 0.29) is 6.61 Å². The first kappa shape index (κ1) is 13.4. The molecule has 0 amide bonds. The number of anilines is 1. The zero-order chi connectivity index (χ0) is 13.1. The van der Waals surface area contributed by atoms with Gasteiger partial charge in [-0.3, -0.25) is 0 Å². The quantitative estimate of drug-likeness (QED) is 0.885. The van der Waals surface area contributed by atoms with Crippen LogP contribution in [0.3, 0.4) is 0 Å². The first-order valence-corrected chi connectivity index (χ1v) is 6.76. The van der Waals surface area contributed by atoms with Crippen molar-refractivity contribution in [2.24, 2.45) is 0 Å². The van der Waals surface area contributed by atoms with Crippen molar-refractivity contribution in [2.45, 2.75) is 32.4 Å². The van der Waals surface area contributed by atoms with Gasteiger partial charge in [0.1, 0.15) is 0 Å². The van der Waals surface area contributed by atoms with Crippen LogP contribution in [-0.4, -0.2) is 48.8 Å². The van der Waals surface area contributed by atoms with E-state index in [1.54, 1.807) is 0 Å². The lowest BCUT2D eigenvalue weighted by Crippen LogP contribution is -2.57. The van der Waals surface area contributed by atoms with Crippen LogP contribution in [0.1, 0.15) is 18.9 Å². The summed E-state index contributed by atoms with van der Waals surface area (Å²) in [4.78, 5) is 4.82. The van der Waals surface area contributed by atoms with E-state index in [1.807, 2.05) is 0 Å². The van der Waals surface area contributed by atoms with E-state index < -0.39 is 0 Å². The Morgan fingerprint density at radius 2 is 1.89 bits per heavy atom. The molecule has 2 rings (SSSR count). The summed E-state index contributed by atoms with van der Waals surface area (Å²) in [7, 11) is 2.16. The highest BCUT2D eigenvalue weighted by Crippen LogP contribution is 2.25. The van der Waals surface area contributed by atoms with Gasteiger partial charge in [0.2, 0.25) is 0 Å². The fourth-order valence-electron chi connectivity index (χ4n) is 2.98. The molecule has 1 aromatic carbocycles. The van der Waals surface area contributed by atoms with Crippen LogP contribution in [0.25, 0.3) is 0 Å². The molecular formula is C15H24N2O. The molecule has 1 heterocycles. The van der Waals surface area contributed by atoms with Crippen LogP contribution in [0.2, 0.25) is 0 Å². The van der Waals surface area contributed by atoms with Crippen LogP contribution in [0.15, 0.2) is 24.3 Å². The van der Waals surface area contributed by atoms with Crippen LogP contribution in [0.5, 0.6) is 0 Å².